The minimum absolute atomic E-state index is 0.125. The Hall–Kier alpha value is -2.77. The smallest absolute Gasteiger partial charge is 0.325 e. The molecule has 2 N–H and O–H groups in total. The molecule has 2 heterocycles. The van der Waals surface area contributed by atoms with Gasteiger partial charge in [0.15, 0.2) is 11.5 Å². The number of ether oxygens (including phenoxy) is 2. The van der Waals surface area contributed by atoms with Crippen molar-refractivity contribution in [2.75, 3.05) is 19.9 Å². The van der Waals surface area contributed by atoms with Crippen LogP contribution < -0.4 is 20.1 Å². The Morgan fingerprint density at radius 2 is 2.04 bits per heavy atom. The van der Waals surface area contributed by atoms with Crippen molar-refractivity contribution < 1.29 is 23.9 Å². The summed E-state index contributed by atoms with van der Waals surface area (Å²) in [6.45, 7) is 4.06. The van der Waals surface area contributed by atoms with E-state index in [2.05, 4.69) is 17.6 Å². The predicted octanol–water partition coefficient (Wildman–Crippen LogP) is 1.49. The number of amides is 4. The molecular formula is C18H23N3O5. The summed E-state index contributed by atoms with van der Waals surface area (Å²) < 4.78 is 10.6. The summed E-state index contributed by atoms with van der Waals surface area (Å²) in [5.74, 6) is 0.306. The molecule has 1 aromatic rings. The number of hydrogen-bond acceptors (Lipinski definition) is 5. The van der Waals surface area contributed by atoms with Crippen molar-refractivity contribution in [1.29, 1.82) is 0 Å². The molecule has 0 unspecified atom stereocenters. The lowest BCUT2D eigenvalue weighted by Crippen LogP contribution is -2.43. The maximum atomic E-state index is 12.8. The Bertz CT molecular complexity index is 736. The molecule has 1 fully saturated rings. The fraction of sp³-hybridized carbons (Fsp3) is 0.500. The van der Waals surface area contributed by atoms with E-state index in [0.717, 1.165) is 24.2 Å². The summed E-state index contributed by atoms with van der Waals surface area (Å²) >= 11 is 0. The van der Waals surface area contributed by atoms with E-state index in [1.165, 1.54) is 0 Å². The second-order valence-electron chi connectivity index (χ2n) is 6.57. The van der Waals surface area contributed by atoms with Crippen molar-refractivity contribution in [3.05, 3.63) is 23.8 Å². The summed E-state index contributed by atoms with van der Waals surface area (Å²) in [5.41, 5.74) is -0.674. The molecule has 0 bridgehead atoms. The van der Waals surface area contributed by atoms with Crippen LogP contribution in [-0.4, -0.2) is 42.6 Å². The highest BCUT2D eigenvalue weighted by atomic mass is 16.7. The lowest BCUT2D eigenvalue weighted by molar-refractivity contribution is -0.134. The molecule has 1 aromatic carbocycles. The van der Waals surface area contributed by atoms with Gasteiger partial charge in [-0.1, -0.05) is 25.8 Å². The van der Waals surface area contributed by atoms with E-state index < -0.39 is 17.5 Å². The SMILES string of the molecule is CCCCCNC(=O)CN1C(=O)N[C@](C)(c2ccc3c(c2)OCO3)C1=O. The number of fused-ring (bicyclic) bond motifs is 1. The molecular weight excluding hydrogens is 338 g/mol. The minimum atomic E-state index is -1.25. The summed E-state index contributed by atoms with van der Waals surface area (Å²) in [7, 11) is 0. The number of hydrogen-bond donors (Lipinski definition) is 2. The van der Waals surface area contributed by atoms with Crippen molar-refractivity contribution in [1.82, 2.24) is 15.5 Å². The maximum absolute atomic E-state index is 12.8. The van der Waals surface area contributed by atoms with Crippen molar-refractivity contribution in [3.8, 4) is 11.5 Å². The van der Waals surface area contributed by atoms with E-state index in [-0.39, 0.29) is 19.2 Å². The molecule has 0 radical (unpaired) electrons. The first-order valence-corrected chi connectivity index (χ1v) is 8.76. The van der Waals surface area contributed by atoms with E-state index >= 15 is 0 Å². The van der Waals surface area contributed by atoms with E-state index in [0.29, 0.717) is 23.6 Å². The molecule has 8 heteroatoms. The number of imide groups is 1. The van der Waals surface area contributed by atoms with Crippen molar-refractivity contribution >= 4 is 17.8 Å². The van der Waals surface area contributed by atoms with E-state index in [1.54, 1.807) is 25.1 Å². The first kappa shape index (κ1) is 18.0. The van der Waals surface area contributed by atoms with Crippen LogP contribution in [0.1, 0.15) is 38.7 Å². The number of nitrogens with one attached hydrogen (secondary N) is 2. The Morgan fingerprint density at radius 1 is 1.27 bits per heavy atom. The van der Waals surface area contributed by atoms with Crippen LogP contribution in [0.25, 0.3) is 0 Å². The first-order valence-electron chi connectivity index (χ1n) is 8.76. The Morgan fingerprint density at radius 3 is 2.81 bits per heavy atom. The van der Waals surface area contributed by atoms with Crippen LogP contribution in [0.15, 0.2) is 18.2 Å². The van der Waals surface area contributed by atoms with E-state index in [9.17, 15) is 14.4 Å². The van der Waals surface area contributed by atoms with Gasteiger partial charge >= 0.3 is 6.03 Å². The highest BCUT2D eigenvalue weighted by Crippen LogP contribution is 2.37. The van der Waals surface area contributed by atoms with Crippen LogP contribution in [0, 0.1) is 0 Å². The fourth-order valence-corrected chi connectivity index (χ4v) is 3.05. The van der Waals surface area contributed by atoms with Gasteiger partial charge in [-0.25, -0.2) is 4.79 Å². The van der Waals surface area contributed by atoms with Crippen LogP contribution >= 0.6 is 0 Å². The van der Waals surface area contributed by atoms with E-state index in [4.69, 9.17) is 9.47 Å². The van der Waals surface area contributed by atoms with Crippen LogP contribution in [0.3, 0.4) is 0 Å². The Kier molecular flexibility index (Phi) is 5.01. The van der Waals surface area contributed by atoms with Crippen LogP contribution in [0.5, 0.6) is 11.5 Å². The zero-order valence-electron chi connectivity index (χ0n) is 15.0. The number of unbranched alkanes of at least 4 members (excludes halogenated alkanes) is 2. The third-order valence-electron chi connectivity index (χ3n) is 4.63. The van der Waals surface area contributed by atoms with Crippen molar-refractivity contribution in [2.24, 2.45) is 0 Å². The number of carbonyl (C=O) groups is 3. The van der Waals surface area contributed by atoms with Gasteiger partial charge in [-0.3, -0.25) is 14.5 Å². The monoisotopic (exact) mass is 361 g/mol. The molecule has 2 aliphatic rings. The Balaban J connectivity index is 1.69. The van der Waals surface area contributed by atoms with Gasteiger partial charge in [-0.15, -0.1) is 0 Å². The number of benzene rings is 1. The molecule has 1 atom stereocenters. The minimum Gasteiger partial charge on any atom is -0.454 e. The second kappa shape index (κ2) is 7.23. The highest BCUT2D eigenvalue weighted by molar-refractivity contribution is 6.09. The molecule has 3 rings (SSSR count). The zero-order valence-corrected chi connectivity index (χ0v) is 15.0. The molecule has 0 aliphatic carbocycles. The Labute approximate surface area is 151 Å². The third-order valence-corrected chi connectivity index (χ3v) is 4.63. The highest BCUT2D eigenvalue weighted by Gasteiger charge is 2.49. The maximum Gasteiger partial charge on any atom is 0.325 e. The van der Waals surface area contributed by atoms with Gasteiger partial charge in [0.1, 0.15) is 12.1 Å². The van der Waals surface area contributed by atoms with Gasteiger partial charge in [0.05, 0.1) is 0 Å². The zero-order chi connectivity index (χ0) is 18.7. The molecule has 0 spiro atoms. The number of carbonyl (C=O) groups excluding carboxylic acids is 3. The fourth-order valence-electron chi connectivity index (χ4n) is 3.05. The molecule has 140 valence electrons. The molecule has 0 aromatic heterocycles. The normalized spacial score (nSPS) is 21.1. The van der Waals surface area contributed by atoms with Gasteiger partial charge in [-0.05, 0) is 31.0 Å². The standard InChI is InChI=1S/C18H23N3O5/c1-3-4-5-8-19-15(22)10-21-16(23)18(2,20-17(21)24)12-6-7-13-14(9-12)26-11-25-13/h6-7,9H,3-5,8,10-11H2,1-2H3,(H,19,22)(H,20,24)/t18-/m1/s1. The largest absolute Gasteiger partial charge is 0.454 e. The average molecular weight is 361 g/mol. The second-order valence-corrected chi connectivity index (χ2v) is 6.57. The third kappa shape index (κ3) is 3.31. The van der Waals surface area contributed by atoms with Crippen LogP contribution in [0.2, 0.25) is 0 Å². The van der Waals surface area contributed by atoms with Gasteiger partial charge in [0.25, 0.3) is 5.91 Å². The number of urea groups is 1. The molecule has 4 amide bonds. The summed E-state index contributed by atoms with van der Waals surface area (Å²) in [6, 6.07) is 4.50. The lowest BCUT2D eigenvalue weighted by Gasteiger charge is -2.22. The van der Waals surface area contributed by atoms with Crippen LogP contribution in [0.4, 0.5) is 4.79 Å². The quantitative estimate of drug-likeness (QED) is 0.566. The molecule has 0 saturated carbocycles. The summed E-state index contributed by atoms with van der Waals surface area (Å²) in [4.78, 5) is 38.1. The number of rotatable bonds is 7. The molecule has 8 nitrogen and oxygen atoms in total. The first-order chi connectivity index (χ1) is 12.5. The summed E-state index contributed by atoms with van der Waals surface area (Å²) in [6.07, 6.45) is 2.94. The molecule has 2 aliphatic heterocycles. The topological polar surface area (TPSA) is 97.0 Å². The van der Waals surface area contributed by atoms with Crippen molar-refractivity contribution in [2.45, 2.75) is 38.6 Å². The average Bonchev–Trinajstić information content (AvgIpc) is 3.17. The van der Waals surface area contributed by atoms with Gasteiger partial charge in [-0.2, -0.15) is 0 Å². The van der Waals surface area contributed by atoms with Gasteiger partial charge in [0, 0.05) is 6.54 Å². The van der Waals surface area contributed by atoms with Gasteiger partial charge < -0.3 is 20.1 Å². The predicted molar refractivity (Wildman–Crippen MR) is 92.7 cm³/mol. The lowest BCUT2D eigenvalue weighted by atomic mass is 9.91. The molecule has 26 heavy (non-hydrogen) atoms. The van der Waals surface area contributed by atoms with Crippen LogP contribution in [-0.2, 0) is 15.1 Å². The number of nitrogens with zero attached hydrogens (tertiary/aromatic N) is 1. The summed E-state index contributed by atoms with van der Waals surface area (Å²) in [5, 5.41) is 5.42. The molecule has 1 saturated heterocycles. The van der Waals surface area contributed by atoms with E-state index in [1.807, 2.05) is 0 Å². The van der Waals surface area contributed by atoms with Gasteiger partial charge in [0.2, 0.25) is 12.7 Å². The van der Waals surface area contributed by atoms with Crippen molar-refractivity contribution in [3.63, 3.8) is 0 Å².